The Labute approximate surface area is 167 Å². The number of carbonyl (C=O) groups excluding carboxylic acids is 2. The van der Waals surface area contributed by atoms with Crippen LogP contribution in [-0.4, -0.2) is 30.6 Å². The second-order valence-corrected chi connectivity index (χ2v) is 6.69. The molecule has 1 N–H and O–H groups in total. The molecule has 1 amide bonds. The van der Waals surface area contributed by atoms with Gasteiger partial charge in [-0.3, -0.25) is 4.79 Å². The van der Waals surface area contributed by atoms with Crippen molar-refractivity contribution >= 4 is 23.2 Å². The Kier molecular flexibility index (Phi) is 6.39. The standard InChI is InChI=1S/C21H20N2O4S/c1-3-27-16-11-9-15(10-12-16)20-22-17(13-28-20)19(24)23-18(21(25)26-2)14-7-5-4-6-8-14/h4-13,18H,3H2,1-2H3,(H,23,24). The van der Waals surface area contributed by atoms with Crippen LogP contribution in [0.25, 0.3) is 10.6 Å². The van der Waals surface area contributed by atoms with Gasteiger partial charge >= 0.3 is 5.97 Å². The van der Waals surface area contributed by atoms with Crippen LogP contribution < -0.4 is 10.1 Å². The van der Waals surface area contributed by atoms with Gasteiger partial charge in [0.1, 0.15) is 16.5 Å². The lowest BCUT2D eigenvalue weighted by atomic mass is 10.1. The van der Waals surface area contributed by atoms with Crippen molar-refractivity contribution in [2.75, 3.05) is 13.7 Å². The summed E-state index contributed by atoms with van der Waals surface area (Å²) in [5.41, 5.74) is 1.78. The second kappa shape index (κ2) is 9.14. The third-order valence-corrected chi connectivity index (χ3v) is 4.89. The van der Waals surface area contributed by atoms with Gasteiger partial charge in [0, 0.05) is 10.9 Å². The van der Waals surface area contributed by atoms with E-state index in [1.807, 2.05) is 37.3 Å². The van der Waals surface area contributed by atoms with Gasteiger partial charge in [-0.05, 0) is 36.8 Å². The molecule has 0 saturated carbocycles. The zero-order valence-corrected chi connectivity index (χ0v) is 16.4. The number of nitrogens with zero attached hydrogens (tertiary/aromatic N) is 1. The number of thiazole rings is 1. The fourth-order valence-electron chi connectivity index (χ4n) is 2.62. The molecule has 0 fully saturated rings. The van der Waals surface area contributed by atoms with Gasteiger partial charge < -0.3 is 14.8 Å². The van der Waals surface area contributed by atoms with Crippen LogP contribution in [0.2, 0.25) is 0 Å². The smallest absolute Gasteiger partial charge is 0.333 e. The number of ether oxygens (including phenoxy) is 2. The lowest BCUT2D eigenvalue weighted by molar-refractivity contribution is -0.143. The van der Waals surface area contributed by atoms with Crippen LogP contribution in [0.5, 0.6) is 5.75 Å². The Morgan fingerprint density at radius 1 is 1.11 bits per heavy atom. The summed E-state index contributed by atoms with van der Waals surface area (Å²) in [5, 5.41) is 5.08. The summed E-state index contributed by atoms with van der Waals surface area (Å²) in [6.07, 6.45) is 0. The molecular weight excluding hydrogens is 376 g/mol. The summed E-state index contributed by atoms with van der Waals surface area (Å²) in [5.74, 6) is -0.196. The van der Waals surface area contributed by atoms with Crippen LogP contribution in [0, 0.1) is 0 Å². The molecule has 0 bridgehead atoms. The van der Waals surface area contributed by atoms with Crippen molar-refractivity contribution < 1.29 is 19.1 Å². The minimum Gasteiger partial charge on any atom is -0.494 e. The molecule has 3 rings (SSSR count). The molecule has 0 radical (unpaired) electrons. The van der Waals surface area contributed by atoms with Gasteiger partial charge in [0.15, 0.2) is 6.04 Å². The molecule has 2 aromatic carbocycles. The van der Waals surface area contributed by atoms with Crippen molar-refractivity contribution in [3.63, 3.8) is 0 Å². The lowest BCUT2D eigenvalue weighted by Crippen LogP contribution is -2.34. The van der Waals surface area contributed by atoms with E-state index in [4.69, 9.17) is 9.47 Å². The lowest BCUT2D eigenvalue weighted by Gasteiger charge is -2.16. The van der Waals surface area contributed by atoms with Crippen LogP contribution in [0.1, 0.15) is 29.0 Å². The van der Waals surface area contributed by atoms with Gasteiger partial charge in [0.25, 0.3) is 5.91 Å². The van der Waals surface area contributed by atoms with Crippen LogP contribution in [0.15, 0.2) is 60.0 Å². The first-order chi connectivity index (χ1) is 13.6. The fourth-order valence-corrected chi connectivity index (χ4v) is 3.42. The van der Waals surface area contributed by atoms with E-state index in [-0.39, 0.29) is 5.69 Å². The number of benzene rings is 2. The zero-order valence-electron chi connectivity index (χ0n) is 15.5. The fraction of sp³-hybridized carbons (Fsp3) is 0.190. The summed E-state index contributed by atoms with van der Waals surface area (Å²) >= 11 is 1.36. The molecule has 0 saturated heterocycles. The van der Waals surface area contributed by atoms with E-state index >= 15 is 0 Å². The van der Waals surface area contributed by atoms with Crippen molar-refractivity contribution in [1.82, 2.24) is 10.3 Å². The van der Waals surface area contributed by atoms with E-state index in [9.17, 15) is 9.59 Å². The third-order valence-electron chi connectivity index (χ3n) is 3.99. The van der Waals surface area contributed by atoms with Crippen LogP contribution in [0.3, 0.4) is 0 Å². The first kappa shape index (κ1) is 19.6. The molecule has 6 nitrogen and oxygen atoms in total. The quantitative estimate of drug-likeness (QED) is 0.614. The highest BCUT2D eigenvalue weighted by Crippen LogP contribution is 2.26. The predicted octanol–water partition coefficient (Wildman–Crippen LogP) is 3.85. The van der Waals surface area contributed by atoms with E-state index < -0.39 is 17.9 Å². The molecule has 0 aliphatic rings. The Bertz CT molecular complexity index is 939. The minimum atomic E-state index is -0.894. The number of carbonyl (C=O) groups is 2. The number of amides is 1. The number of nitrogens with one attached hydrogen (secondary N) is 1. The first-order valence-electron chi connectivity index (χ1n) is 8.74. The number of esters is 1. The highest BCUT2D eigenvalue weighted by atomic mass is 32.1. The molecule has 7 heteroatoms. The second-order valence-electron chi connectivity index (χ2n) is 5.84. The third kappa shape index (κ3) is 4.55. The topological polar surface area (TPSA) is 77.5 Å². The van der Waals surface area contributed by atoms with Crippen molar-refractivity contribution in [1.29, 1.82) is 0 Å². The molecule has 0 spiro atoms. The Morgan fingerprint density at radius 2 is 1.82 bits per heavy atom. The van der Waals surface area contributed by atoms with Crippen molar-refractivity contribution in [3.8, 4) is 16.3 Å². The molecule has 3 aromatic rings. The van der Waals surface area contributed by atoms with E-state index in [0.29, 0.717) is 17.2 Å². The number of aromatic nitrogens is 1. The summed E-state index contributed by atoms with van der Waals surface area (Å²) in [6.45, 7) is 2.53. The summed E-state index contributed by atoms with van der Waals surface area (Å²) in [4.78, 5) is 29.2. The summed E-state index contributed by atoms with van der Waals surface area (Å²) in [7, 11) is 1.29. The molecule has 1 unspecified atom stereocenters. The normalized spacial score (nSPS) is 11.5. The van der Waals surface area contributed by atoms with Crippen molar-refractivity contribution in [3.05, 3.63) is 71.2 Å². The average Bonchev–Trinajstić information content (AvgIpc) is 3.23. The zero-order chi connectivity index (χ0) is 19.9. The number of hydrogen-bond donors (Lipinski definition) is 1. The van der Waals surface area contributed by atoms with E-state index in [1.54, 1.807) is 29.6 Å². The van der Waals surface area contributed by atoms with Gasteiger partial charge in [0.2, 0.25) is 0 Å². The molecule has 0 aliphatic carbocycles. The summed E-state index contributed by atoms with van der Waals surface area (Å²) in [6, 6.07) is 15.6. The molecule has 1 atom stereocenters. The average molecular weight is 396 g/mol. The highest BCUT2D eigenvalue weighted by Gasteiger charge is 2.25. The molecule has 0 aliphatic heterocycles. The highest BCUT2D eigenvalue weighted by molar-refractivity contribution is 7.13. The number of methoxy groups -OCH3 is 1. The van der Waals surface area contributed by atoms with Crippen molar-refractivity contribution in [2.24, 2.45) is 0 Å². The van der Waals surface area contributed by atoms with Gasteiger partial charge in [-0.15, -0.1) is 11.3 Å². The van der Waals surface area contributed by atoms with E-state index in [2.05, 4.69) is 10.3 Å². The maximum atomic E-state index is 12.6. The molecule has 28 heavy (non-hydrogen) atoms. The Balaban J connectivity index is 1.76. The van der Waals surface area contributed by atoms with Crippen LogP contribution >= 0.6 is 11.3 Å². The van der Waals surface area contributed by atoms with Crippen LogP contribution in [0.4, 0.5) is 0 Å². The maximum absolute atomic E-state index is 12.6. The minimum absolute atomic E-state index is 0.249. The Morgan fingerprint density at radius 3 is 2.46 bits per heavy atom. The van der Waals surface area contributed by atoms with E-state index in [1.165, 1.54) is 18.4 Å². The van der Waals surface area contributed by atoms with Gasteiger partial charge in [-0.2, -0.15) is 0 Å². The monoisotopic (exact) mass is 396 g/mol. The predicted molar refractivity (Wildman–Crippen MR) is 107 cm³/mol. The first-order valence-corrected chi connectivity index (χ1v) is 9.62. The number of rotatable bonds is 7. The van der Waals surface area contributed by atoms with E-state index in [0.717, 1.165) is 11.3 Å². The summed E-state index contributed by atoms with van der Waals surface area (Å²) < 4.78 is 10.3. The maximum Gasteiger partial charge on any atom is 0.333 e. The molecule has 1 aromatic heterocycles. The van der Waals surface area contributed by atoms with Crippen molar-refractivity contribution in [2.45, 2.75) is 13.0 Å². The molecule has 144 valence electrons. The Hall–Kier alpha value is -3.19. The molecule has 1 heterocycles. The molecular formula is C21H20N2O4S. The van der Waals surface area contributed by atoms with Gasteiger partial charge in [0.05, 0.1) is 13.7 Å². The van der Waals surface area contributed by atoms with Gasteiger partial charge in [-0.25, -0.2) is 9.78 Å². The SMILES string of the molecule is CCOc1ccc(-c2nc(C(=O)NC(C(=O)OC)c3ccccc3)cs2)cc1. The van der Waals surface area contributed by atoms with Gasteiger partial charge in [-0.1, -0.05) is 30.3 Å². The number of hydrogen-bond acceptors (Lipinski definition) is 6. The largest absolute Gasteiger partial charge is 0.494 e. The van der Waals surface area contributed by atoms with Crippen LogP contribution in [-0.2, 0) is 9.53 Å².